The van der Waals surface area contributed by atoms with Crippen LogP contribution in [0, 0.1) is 20.8 Å². The van der Waals surface area contributed by atoms with Gasteiger partial charge in [0.1, 0.15) is 0 Å². The Bertz CT molecular complexity index is 989. The van der Waals surface area contributed by atoms with E-state index in [-0.39, 0.29) is 0 Å². The minimum absolute atomic E-state index is 0.756. The van der Waals surface area contributed by atoms with E-state index in [0.29, 0.717) is 0 Å². The number of benzene rings is 1. The summed E-state index contributed by atoms with van der Waals surface area (Å²) in [5, 5.41) is 0. The van der Waals surface area contributed by atoms with Crippen LogP contribution < -0.4 is 9.64 Å². The van der Waals surface area contributed by atoms with Crippen molar-refractivity contribution in [3.8, 4) is 11.5 Å². The Morgan fingerprint density at radius 2 is 1.68 bits per heavy atom. The van der Waals surface area contributed by atoms with Gasteiger partial charge in [0.05, 0.1) is 5.69 Å². The summed E-state index contributed by atoms with van der Waals surface area (Å²) in [5.41, 5.74) is 5.97. The molecule has 4 heteroatoms. The third-order valence-electron chi connectivity index (χ3n) is 5.22. The molecular weight excluding hydrogens is 346 g/mol. The summed E-state index contributed by atoms with van der Waals surface area (Å²) >= 11 is 0. The third-order valence-corrected chi connectivity index (χ3v) is 5.22. The summed E-state index contributed by atoms with van der Waals surface area (Å²) in [4.78, 5) is 11.6. The van der Waals surface area contributed by atoms with Crippen LogP contribution in [-0.4, -0.2) is 9.97 Å². The fourth-order valence-corrected chi connectivity index (χ4v) is 3.95. The minimum Gasteiger partial charge on any atom is -0.450 e. The van der Waals surface area contributed by atoms with Crippen molar-refractivity contribution < 1.29 is 4.74 Å². The van der Waals surface area contributed by atoms with E-state index in [0.717, 1.165) is 40.9 Å². The highest BCUT2D eigenvalue weighted by Gasteiger charge is 2.30. The van der Waals surface area contributed by atoms with Crippen molar-refractivity contribution in [2.75, 3.05) is 4.90 Å². The van der Waals surface area contributed by atoms with E-state index in [1.165, 1.54) is 36.0 Å². The maximum absolute atomic E-state index is 6.09. The Morgan fingerprint density at radius 3 is 2.43 bits per heavy atom. The largest absolute Gasteiger partial charge is 0.450 e. The highest BCUT2D eigenvalue weighted by Crippen LogP contribution is 2.49. The molecule has 1 aliphatic heterocycles. The molecule has 28 heavy (non-hydrogen) atoms. The van der Waals surface area contributed by atoms with Crippen LogP contribution >= 0.6 is 0 Å². The van der Waals surface area contributed by atoms with Crippen molar-refractivity contribution in [2.45, 2.75) is 53.4 Å². The van der Waals surface area contributed by atoms with Crippen LogP contribution in [0.2, 0.25) is 0 Å². The number of fused-ring (bicyclic) bond motifs is 2. The maximum atomic E-state index is 6.09. The molecule has 4 rings (SSSR count). The summed E-state index contributed by atoms with van der Waals surface area (Å²) in [6.45, 7) is 8.61. The first-order chi connectivity index (χ1) is 13.6. The van der Waals surface area contributed by atoms with Crippen molar-refractivity contribution in [1.82, 2.24) is 9.97 Å². The van der Waals surface area contributed by atoms with Gasteiger partial charge in [0, 0.05) is 11.9 Å². The van der Waals surface area contributed by atoms with Crippen LogP contribution in [0.5, 0.6) is 11.5 Å². The fraction of sp³-hybridized carbons (Fsp3) is 0.333. The molecule has 3 heterocycles. The van der Waals surface area contributed by atoms with Crippen LogP contribution in [0.15, 0.2) is 42.6 Å². The van der Waals surface area contributed by atoms with Crippen LogP contribution in [0.3, 0.4) is 0 Å². The number of aromatic nitrogens is 2. The minimum atomic E-state index is 0.756. The zero-order valence-electron chi connectivity index (χ0n) is 17.1. The number of anilines is 3. The Kier molecular flexibility index (Phi) is 5.03. The lowest BCUT2D eigenvalue weighted by Gasteiger charge is -2.32. The van der Waals surface area contributed by atoms with Crippen LogP contribution in [0.1, 0.15) is 48.6 Å². The predicted octanol–water partition coefficient (Wildman–Crippen LogP) is 6.71. The smallest absolute Gasteiger partial charge is 0.182 e. The van der Waals surface area contributed by atoms with E-state index in [9.17, 15) is 0 Å². The average molecular weight is 374 g/mol. The van der Waals surface area contributed by atoms with Gasteiger partial charge in [-0.2, -0.15) is 0 Å². The lowest BCUT2D eigenvalue weighted by molar-refractivity contribution is 0.470. The van der Waals surface area contributed by atoms with Crippen LogP contribution in [-0.2, 0) is 6.42 Å². The molecule has 0 saturated heterocycles. The molecule has 144 valence electrons. The molecule has 3 aromatic rings. The fourth-order valence-electron chi connectivity index (χ4n) is 3.95. The van der Waals surface area contributed by atoms with Gasteiger partial charge in [-0.05, 0) is 74.6 Å². The summed E-state index contributed by atoms with van der Waals surface area (Å²) in [6, 6.07) is 12.5. The van der Waals surface area contributed by atoms with Crippen LogP contribution in [0.25, 0.3) is 0 Å². The third kappa shape index (κ3) is 3.35. The first kappa shape index (κ1) is 18.5. The molecule has 0 aliphatic carbocycles. The summed E-state index contributed by atoms with van der Waals surface area (Å²) in [6.07, 6.45) is 6.69. The highest BCUT2D eigenvalue weighted by molar-refractivity contribution is 5.84. The molecule has 0 atom stereocenters. The zero-order chi connectivity index (χ0) is 19.7. The second kappa shape index (κ2) is 7.63. The number of aryl methyl sites for hydroxylation is 4. The van der Waals surface area contributed by atoms with Crippen molar-refractivity contribution in [1.29, 1.82) is 0 Å². The Balaban J connectivity index is 1.84. The maximum Gasteiger partial charge on any atom is 0.182 e. The molecular formula is C24H27N3O. The predicted molar refractivity (Wildman–Crippen MR) is 114 cm³/mol. The van der Waals surface area contributed by atoms with Gasteiger partial charge in [0.25, 0.3) is 0 Å². The molecule has 0 unspecified atom stereocenters. The van der Waals surface area contributed by atoms with Crippen molar-refractivity contribution in [3.05, 3.63) is 65.0 Å². The first-order valence-corrected chi connectivity index (χ1v) is 10.1. The topological polar surface area (TPSA) is 38.2 Å². The Hall–Kier alpha value is -2.88. The lowest BCUT2D eigenvalue weighted by Crippen LogP contribution is -2.20. The quantitative estimate of drug-likeness (QED) is 0.364. The van der Waals surface area contributed by atoms with Crippen molar-refractivity contribution in [3.63, 3.8) is 0 Å². The van der Waals surface area contributed by atoms with E-state index < -0.39 is 0 Å². The van der Waals surface area contributed by atoms with Gasteiger partial charge < -0.3 is 4.74 Å². The van der Waals surface area contributed by atoms with Crippen LogP contribution in [0.4, 0.5) is 17.3 Å². The number of hydrogen-bond donors (Lipinski definition) is 0. The molecule has 1 aliphatic rings. The zero-order valence-corrected chi connectivity index (χ0v) is 17.1. The van der Waals surface area contributed by atoms with E-state index in [2.05, 4.69) is 42.8 Å². The van der Waals surface area contributed by atoms with Crippen molar-refractivity contribution >= 4 is 17.3 Å². The number of ether oxygens (including phenoxy) is 1. The molecule has 0 saturated carbocycles. The highest BCUT2D eigenvalue weighted by atomic mass is 16.5. The molecule has 1 aromatic carbocycles. The second-order valence-corrected chi connectivity index (χ2v) is 7.57. The molecule has 0 radical (unpaired) electrons. The molecule has 2 aromatic heterocycles. The monoisotopic (exact) mass is 373 g/mol. The number of rotatable bonds is 5. The lowest BCUT2D eigenvalue weighted by atomic mass is 9.99. The first-order valence-electron chi connectivity index (χ1n) is 10.1. The van der Waals surface area contributed by atoms with Gasteiger partial charge in [-0.15, -0.1) is 0 Å². The van der Waals surface area contributed by atoms with Gasteiger partial charge in [0.15, 0.2) is 23.1 Å². The SMILES string of the molecule is CCCCCc1cc(C)c(N2c3ncccc3Oc3ccc(C)nc32)c(C)c1. The average Bonchev–Trinajstić information content (AvgIpc) is 2.67. The van der Waals surface area contributed by atoms with Gasteiger partial charge >= 0.3 is 0 Å². The number of nitrogens with zero attached hydrogens (tertiary/aromatic N) is 3. The summed E-state index contributed by atoms with van der Waals surface area (Å²) in [7, 11) is 0. The van der Waals surface area contributed by atoms with Crippen molar-refractivity contribution in [2.24, 2.45) is 0 Å². The molecule has 0 N–H and O–H groups in total. The van der Waals surface area contributed by atoms with Gasteiger partial charge in [-0.1, -0.05) is 31.9 Å². The summed E-state index contributed by atoms with van der Waals surface area (Å²) in [5.74, 6) is 3.11. The number of unbranched alkanes of at least 4 members (excludes halogenated alkanes) is 2. The van der Waals surface area contributed by atoms with Gasteiger partial charge in [-0.3, -0.25) is 4.90 Å². The molecule has 0 spiro atoms. The standard InChI is InChI=1S/C24H27N3O/c1-5-6-7-9-19-14-16(2)22(17(3)15-19)27-23-20(10-8-13-25-23)28-21-12-11-18(4)26-24(21)27/h8,10-15H,5-7,9H2,1-4H3. The summed E-state index contributed by atoms with van der Waals surface area (Å²) < 4.78 is 6.09. The Labute approximate surface area is 167 Å². The number of hydrogen-bond acceptors (Lipinski definition) is 4. The molecule has 0 bridgehead atoms. The van der Waals surface area contributed by atoms with Gasteiger partial charge in [0.2, 0.25) is 0 Å². The van der Waals surface area contributed by atoms with E-state index in [1.807, 2.05) is 31.2 Å². The molecule has 4 nitrogen and oxygen atoms in total. The molecule has 0 fully saturated rings. The number of pyridine rings is 2. The molecule has 0 amide bonds. The Morgan fingerprint density at radius 1 is 0.929 bits per heavy atom. The van der Waals surface area contributed by atoms with E-state index in [1.54, 1.807) is 6.20 Å². The van der Waals surface area contributed by atoms with E-state index in [4.69, 9.17) is 9.72 Å². The van der Waals surface area contributed by atoms with Gasteiger partial charge in [-0.25, -0.2) is 9.97 Å². The normalized spacial score (nSPS) is 12.4. The second-order valence-electron chi connectivity index (χ2n) is 7.57. The van der Waals surface area contributed by atoms with E-state index >= 15 is 0 Å².